The molecular weight excluding hydrogens is 252 g/mol. The van der Waals surface area contributed by atoms with Gasteiger partial charge in [0.15, 0.2) is 0 Å². The van der Waals surface area contributed by atoms with E-state index in [0.717, 1.165) is 25.7 Å². The summed E-state index contributed by atoms with van der Waals surface area (Å²) in [6.07, 6.45) is 11.2. The van der Waals surface area contributed by atoms with Gasteiger partial charge in [0.2, 0.25) is 0 Å². The van der Waals surface area contributed by atoms with Crippen LogP contribution < -0.4 is 0 Å². The van der Waals surface area contributed by atoms with Gasteiger partial charge in [-0.1, -0.05) is 26.7 Å². The Morgan fingerprint density at radius 3 is 1.60 bits per heavy atom. The van der Waals surface area contributed by atoms with Gasteiger partial charge in [0, 0.05) is 0 Å². The maximum Gasteiger partial charge on any atom is 0.508 e. The molecule has 2 saturated carbocycles. The number of carbonyl (C=O) groups is 1. The fourth-order valence-electron chi connectivity index (χ4n) is 3.87. The van der Waals surface area contributed by atoms with Crippen molar-refractivity contribution in [2.45, 2.75) is 90.3 Å². The lowest BCUT2D eigenvalue weighted by molar-refractivity contribution is -0.0498. The molecule has 0 bridgehead atoms. The van der Waals surface area contributed by atoms with E-state index in [1.807, 2.05) is 0 Å². The standard InChI is InChI=1S/C17H30O3/c1-3-13-9-5-7-11-15(13)19-17(18)20-16-12-8-6-10-14(16)4-2/h13-16H,3-12H2,1-2H3. The van der Waals surface area contributed by atoms with E-state index in [0.29, 0.717) is 11.8 Å². The van der Waals surface area contributed by atoms with Crippen LogP contribution in [0, 0.1) is 11.8 Å². The molecule has 2 aliphatic carbocycles. The predicted octanol–water partition coefficient (Wildman–Crippen LogP) is 5.08. The van der Waals surface area contributed by atoms with Crippen molar-refractivity contribution in [3.8, 4) is 0 Å². The van der Waals surface area contributed by atoms with Gasteiger partial charge in [-0.3, -0.25) is 0 Å². The highest BCUT2D eigenvalue weighted by molar-refractivity contribution is 5.60. The van der Waals surface area contributed by atoms with Gasteiger partial charge in [0.1, 0.15) is 12.2 Å². The summed E-state index contributed by atoms with van der Waals surface area (Å²) in [5.74, 6) is 1.06. The topological polar surface area (TPSA) is 35.5 Å². The van der Waals surface area contributed by atoms with Gasteiger partial charge >= 0.3 is 6.16 Å². The molecule has 2 rings (SSSR count). The molecule has 4 atom stereocenters. The van der Waals surface area contributed by atoms with Crippen LogP contribution in [0.1, 0.15) is 78.1 Å². The number of carbonyl (C=O) groups excluding carboxylic acids is 1. The minimum absolute atomic E-state index is 0.0879. The fraction of sp³-hybridized carbons (Fsp3) is 0.941. The summed E-state index contributed by atoms with van der Waals surface area (Å²) < 4.78 is 11.3. The lowest BCUT2D eigenvalue weighted by Crippen LogP contribution is -2.34. The Labute approximate surface area is 123 Å². The summed E-state index contributed by atoms with van der Waals surface area (Å²) in [5, 5.41) is 0. The summed E-state index contributed by atoms with van der Waals surface area (Å²) in [6, 6.07) is 0. The first-order valence-electron chi connectivity index (χ1n) is 8.61. The third-order valence-electron chi connectivity index (χ3n) is 5.22. The van der Waals surface area contributed by atoms with E-state index in [1.165, 1.54) is 38.5 Å². The maximum atomic E-state index is 12.1. The summed E-state index contributed by atoms with van der Waals surface area (Å²) in [6.45, 7) is 4.37. The Bertz CT molecular complexity index is 275. The van der Waals surface area contributed by atoms with Crippen LogP contribution in [-0.2, 0) is 9.47 Å². The zero-order valence-corrected chi connectivity index (χ0v) is 13.1. The first-order valence-corrected chi connectivity index (χ1v) is 8.61. The Balaban J connectivity index is 1.81. The van der Waals surface area contributed by atoms with E-state index < -0.39 is 6.16 Å². The quantitative estimate of drug-likeness (QED) is 0.675. The number of ether oxygens (including phenoxy) is 2. The molecule has 0 aromatic carbocycles. The molecule has 0 spiro atoms. The van der Waals surface area contributed by atoms with Crippen molar-refractivity contribution in [3.63, 3.8) is 0 Å². The van der Waals surface area contributed by atoms with Crippen LogP contribution >= 0.6 is 0 Å². The van der Waals surface area contributed by atoms with Crippen LogP contribution in [0.25, 0.3) is 0 Å². The first-order chi connectivity index (χ1) is 9.74. The summed E-state index contributed by atoms with van der Waals surface area (Å²) in [7, 11) is 0. The molecule has 0 N–H and O–H groups in total. The van der Waals surface area contributed by atoms with Gasteiger partial charge in [-0.15, -0.1) is 0 Å². The van der Waals surface area contributed by atoms with Crippen LogP contribution in [-0.4, -0.2) is 18.4 Å². The van der Waals surface area contributed by atoms with Crippen molar-refractivity contribution in [1.82, 2.24) is 0 Å². The Morgan fingerprint density at radius 1 is 0.800 bits per heavy atom. The van der Waals surface area contributed by atoms with Gasteiger partial charge in [-0.25, -0.2) is 4.79 Å². The molecule has 4 unspecified atom stereocenters. The van der Waals surface area contributed by atoms with Crippen molar-refractivity contribution >= 4 is 6.16 Å². The van der Waals surface area contributed by atoms with Gasteiger partial charge in [0.05, 0.1) is 0 Å². The molecule has 0 aliphatic heterocycles. The average Bonchev–Trinajstić information content (AvgIpc) is 2.48. The molecule has 3 nitrogen and oxygen atoms in total. The molecule has 20 heavy (non-hydrogen) atoms. The molecular formula is C17H30O3. The second-order valence-electron chi connectivity index (χ2n) is 6.47. The normalized spacial score (nSPS) is 34.5. The van der Waals surface area contributed by atoms with Crippen molar-refractivity contribution in [1.29, 1.82) is 0 Å². The molecule has 0 aromatic rings. The predicted molar refractivity (Wildman–Crippen MR) is 79.6 cm³/mol. The summed E-state index contributed by atoms with van der Waals surface area (Å²) in [4.78, 5) is 12.1. The zero-order chi connectivity index (χ0) is 14.4. The second kappa shape index (κ2) is 7.90. The van der Waals surface area contributed by atoms with Crippen LogP contribution in [0.2, 0.25) is 0 Å². The monoisotopic (exact) mass is 282 g/mol. The third kappa shape index (κ3) is 4.13. The van der Waals surface area contributed by atoms with Crippen LogP contribution in [0.3, 0.4) is 0 Å². The van der Waals surface area contributed by atoms with E-state index in [-0.39, 0.29) is 12.2 Å². The molecule has 116 valence electrons. The SMILES string of the molecule is CCC1CCCCC1OC(=O)OC1CCCCC1CC. The Morgan fingerprint density at radius 2 is 1.20 bits per heavy atom. The van der Waals surface area contributed by atoms with Crippen molar-refractivity contribution in [3.05, 3.63) is 0 Å². The smallest absolute Gasteiger partial charge is 0.431 e. The maximum absolute atomic E-state index is 12.1. The van der Waals surface area contributed by atoms with Crippen molar-refractivity contribution in [2.75, 3.05) is 0 Å². The molecule has 0 aromatic heterocycles. The Kier molecular flexibility index (Phi) is 6.18. The first kappa shape index (κ1) is 15.7. The van der Waals surface area contributed by atoms with Crippen LogP contribution in [0.4, 0.5) is 4.79 Å². The molecule has 2 fully saturated rings. The highest BCUT2D eigenvalue weighted by atomic mass is 16.7. The molecule has 0 radical (unpaired) electrons. The largest absolute Gasteiger partial charge is 0.508 e. The Hall–Kier alpha value is -0.730. The van der Waals surface area contributed by atoms with Gasteiger partial charge in [0.25, 0.3) is 0 Å². The average molecular weight is 282 g/mol. The minimum Gasteiger partial charge on any atom is -0.431 e. The van der Waals surface area contributed by atoms with Crippen molar-refractivity contribution in [2.24, 2.45) is 11.8 Å². The lowest BCUT2D eigenvalue weighted by atomic mass is 9.84. The summed E-state index contributed by atoms with van der Waals surface area (Å²) in [5.41, 5.74) is 0. The fourth-order valence-corrected chi connectivity index (χ4v) is 3.87. The third-order valence-corrected chi connectivity index (χ3v) is 5.22. The number of rotatable bonds is 4. The minimum atomic E-state index is -0.416. The van der Waals surface area contributed by atoms with E-state index in [9.17, 15) is 4.79 Å². The van der Waals surface area contributed by atoms with Crippen LogP contribution in [0.15, 0.2) is 0 Å². The van der Waals surface area contributed by atoms with Crippen molar-refractivity contribution < 1.29 is 14.3 Å². The molecule has 0 heterocycles. The van der Waals surface area contributed by atoms with E-state index in [2.05, 4.69) is 13.8 Å². The molecule has 2 aliphatic rings. The zero-order valence-electron chi connectivity index (χ0n) is 13.1. The van der Waals surface area contributed by atoms with Gasteiger partial charge < -0.3 is 9.47 Å². The van der Waals surface area contributed by atoms with E-state index in [4.69, 9.17) is 9.47 Å². The highest BCUT2D eigenvalue weighted by Gasteiger charge is 2.31. The molecule has 0 saturated heterocycles. The van der Waals surface area contributed by atoms with E-state index in [1.54, 1.807) is 0 Å². The molecule has 3 heteroatoms. The van der Waals surface area contributed by atoms with E-state index >= 15 is 0 Å². The summed E-state index contributed by atoms with van der Waals surface area (Å²) >= 11 is 0. The van der Waals surface area contributed by atoms with Gasteiger partial charge in [-0.05, 0) is 63.2 Å². The number of hydrogen-bond acceptors (Lipinski definition) is 3. The van der Waals surface area contributed by atoms with Gasteiger partial charge in [-0.2, -0.15) is 0 Å². The number of hydrogen-bond donors (Lipinski definition) is 0. The second-order valence-corrected chi connectivity index (χ2v) is 6.47. The molecule has 0 amide bonds. The highest BCUT2D eigenvalue weighted by Crippen LogP contribution is 2.32. The van der Waals surface area contributed by atoms with Crippen LogP contribution in [0.5, 0.6) is 0 Å². The lowest BCUT2D eigenvalue weighted by Gasteiger charge is -2.33.